The maximum absolute atomic E-state index is 10.8. The number of aliphatic hydroxyl groups excluding tert-OH is 1. The van der Waals surface area contributed by atoms with E-state index in [4.69, 9.17) is 18.6 Å². The summed E-state index contributed by atoms with van der Waals surface area (Å²) in [4.78, 5) is 0. The van der Waals surface area contributed by atoms with Crippen molar-refractivity contribution in [3.05, 3.63) is 73.3 Å². The van der Waals surface area contributed by atoms with Crippen LogP contribution in [0.5, 0.6) is 0 Å². The van der Waals surface area contributed by atoms with Crippen molar-refractivity contribution in [2.75, 3.05) is 40.3 Å². The van der Waals surface area contributed by atoms with Crippen molar-refractivity contribution in [1.82, 2.24) is 0 Å². The van der Waals surface area contributed by atoms with Crippen molar-refractivity contribution >= 4 is 18.7 Å². The SMILES string of the molecule is C=CC[C@H](O)[C@H](COCOCCOC)CO[Si](c1ccccc1)(c1ccccc1)C(C)(C)C. The number of benzene rings is 2. The molecule has 2 aromatic carbocycles. The normalized spacial score (nSPS) is 14.1. The first-order chi connectivity index (χ1) is 15.9. The van der Waals surface area contributed by atoms with E-state index in [2.05, 4.69) is 75.9 Å². The molecule has 0 fully saturated rings. The average molecular weight is 473 g/mol. The first-order valence-corrected chi connectivity index (χ1v) is 13.5. The van der Waals surface area contributed by atoms with Crippen LogP contribution in [-0.2, 0) is 18.6 Å². The van der Waals surface area contributed by atoms with Gasteiger partial charge in [-0.15, -0.1) is 6.58 Å². The van der Waals surface area contributed by atoms with Gasteiger partial charge in [0.05, 0.1) is 25.9 Å². The summed E-state index contributed by atoms with van der Waals surface area (Å²) in [5.41, 5.74) is 0. The molecule has 5 nitrogen and oxygen atoms in total. The molecule has 2 aromatic rings. The first-order valence-electron chi connectivity index (χ1n) is 11.5. The van der Waals surface area contributed by atoms with E-state index in [-0.39, 0.29) is 17.7 Å². The van der Waals surface area contributed by atoms with Crippen LogP contribution in [0.2, 0.25) is 5.04 Å². The molecule has 0 saturated carbocycles. The highest BCUT2D eigenvalue weighted by atomic mass is 28.4. The van der Waals surface area contributed by atoms with E-state index in [9.17, 15) is 5.11 Å². The third kappa shape index (κ3) is 7.60. The molecule has 0 aromatic heterocycles. The van der Waals surface area contributed by atoms with Gasteiger partial charge in [0.2, 0.25) is 0 Å². The fourth-order valence-electron chi connectivity index (χ4n) is 4.09. The molecule has 0 radical (unpaired) electrons. The minimum absolute atomic E-state index is 0.131. The van der Waals surface area contributed by atoms with Gasteiger partial charge in [0.1, 0.15) is 6.79 Å². The summed E-state index contributed by atoms with van der Waals surface area (Å²) in [5, 5.41) is 13.1. The lowest BCUT2D eigenvalue weighted by Gasteiger charge is -2.44. The molecule has 1 N–H and O–H groups in total. The van der Waals surface area contributed by atoms with Crippen LogP contribution in [0.1, 0.15) is 27.2 Å². The van der Waals surface area contributed by atoms with Gasteiger partial charge >= 0.3 is 0 Å². The van der Waals surface area contributed by atoms with Crippen molar-refractivity contribution in [2.24, 2.45) is 5.92 Å². The maximum atomic E-state index is 10.8. The highest BCUT2D eigenvalue weighted by Crippen LogP contribution is 2.37. The highest BCUT2D eigenvalue weighted by molar-refractivity contribution is 6.99. The second kappa shape index (κ2) is 13.8. The number of aliphatic hydroxyl groups is 1. The number of methoxy groups -OCH3 is 1. The van der Waals surface area contributed by atoms with Crippen LogP contribution >= 0.6 is 0 Å². The molecule has 2 atom stereocenters. The van der Waals surface area contributed by atoms with Crippen molar-refractivity contribution in [3.8, 4) is 0 Å². The molecule has 0 spiro atoms. The van der Waals surface area contributed by atoms with E-state index in [1.165, 1.54) is 10.4 Å². The Morgan fingerprint density at radius 1 is 0.909 bits per heavy atom. The molecule has 0 heterocycles. The van der Waals surface area contributed by atoms with E-state index in [0.717, 1.165) is 0 Å². The standard InChI is InChI=1S/C27H40O5Si/c1-6-13-26(28)23(20-31-22-30-19-18-29-5)21-32-33(27(2,3)4,24-14-9-7-10-15-24)25-16-11-8-12-17-25/h6-12,14-17,23,26,28H,1,13,18-22H2,2-5H3/t23-,26+/m1/s1. The van der Waals surface area contributed by atoms with Crippen molar-refractivity contribution in [1.29, 1.82) is 0 Å². The number of rotatable bonds is 15. The van der Waals surface area contributed by atoms with Crippen LogP contribution < -0.4 is 10.4 Å². The highest BCUT2D eigenvalue weighted by Gasteiger charge is 2.50. The third-order valence-electron chi connectivity index (χ3n) is 5.81. The van der Waals surface area contributed by atoms with Gasteiger partial charge in [-0.3, -0.25) is 0 Å². The molecule has 0 aliphatic heterocycles. The minimum Gasteiger partial charge on any atom is -0.407 e. The summed E-state index contributed by atoms with van der Waals surface area (Å²) in [6.45, 7) is 12.4. The average Bonchev–Trinajstić information content (AvgIpc) is 2.81. The lowest BCUT2D eigenvalue weighted by molar-refractivity contribution is -0.0906. The number of hydrogen-bond acceptors (Lipinski definition) is 5. The predicted octanol–water partition coefficient (Wildman–Crippen LogP) is 3.75. The quantitative estimate of drug-likeness (QED) is 0.185. The Hall–Kier alpha value is -1.80. The van der Waals surface area contributed by atoms with Gasteiger partial charge in [0.15, 0.2) is 0 Å². The zero-order valence-electron chi connectivity index (χ0n) is 20.5. The van der Waals surface area contributed by atoms with Gasteiger partial charge in [-0.2, -0.15) is 0 Å². The monoisotopic (exact) mass is 472 g/mol. The molecule has 6 heteroatoms. The van der Waals surface area contributed by atoms with E-state index >= 15 is 0 Å². The molecule has 0 bridgehead atoms. The Labute approximate surface area is 200 Å². The third-order valence-corrected chi connectivity index (χ3v) is 10.8. The lowest BCUT2D eigenvalue weighted by Crippen LogP contribution is -2.67. The second-order valence-corrected chi connectivity index (χ2v) is 13.5. The van der Waals surface area contributed by atoms with Gasteiger partial charge < -0.3 is 23.7 Å². The second-order valence-electron chi connectivity index (χ2n) is 9.22. The molecule has 0 unspecified atom stereocenters. The van der Waals surface area contributed by atoms with E-state index in [0.29, 0.717) is 32.8 Å². The van der Waals surface area contributed by atoms with Crippen LogP contribution in [0.25, 0.3) is 0 Å². The summed E-state index contributed by atoms with van der Waals surface area (Å²) in [5.74, 6) is -0.212. The van der Waals surface area contributed by atoms with Crippen LogP contribution in [0.15, 0.2) is 73.3 Å². The molecule has 182 valence electrons. The summed E-state index contributed by atoms with van der Waals surface area (Å²) in [7, 11) is -1.05. The van der Waals surface area contributed by atoms with Gasteiger partial charge in [-0.25, -0.2) is 0 Å². The topological polar surface area (TPSA) is 57.2 Å². The fraction of sp³-hybridized carbons (Fsp3) is 0.481. The molecular weight excluding hydrogens is 432 g/mol. The Morgan fingerprint density at radius 3 is 1.97 bits per heavy atom. The molecule has 33 heavy (non-hydrogen) atoms. The number of hydrogen-bond donors (Lipinski definition) is 1. The van der Waals surface area contributed by atoms with Crippen molar-refractivity contribution in [2.45, 2.75) is 38.3 Å². The van der Waals surface area contributed by atoms with E-state index in [1.54, 1.807) is 13.2 Å². The van der Waals surface area contributed by atoms with Crippen molar-refractivity contribution < 1.29 is 23.7 Å². The minimum atomic E-state index is -2.69. The van der Waals surface area contributed by atoms with Crippen LogP contribution in [0.3, 0.4) is 0 Å². The van der Waals surface area contributed by atoms with Gasteiger partial charge in [-0.05, 0) is 21.8 Å². The fourth-order valence-corrected chi connectivity index (χ4v) is 8.71. The molecular formula is C27H40O5Si. The summed E-state index contributed by atoms with van der Waals surface area (Å²) >= 11 is 0. The molecule has 0 saturated heterocycles. The maximum Gasteiger partial charge on any atom is 0.261 e. The smallest absolute Gasteiger partial charge is 0.261 e. The molecule has 0 aliphatic carbocycles. The van der Waals surface area contributed by atoms with Gasteiger partial charge in [0.25, 0.3) is 8.32 Å². The molecule has 0 aliphatic rings. The molecule has 0 amide bonds. The zero-order chi connectivity index (χ0) is 24.2. The van der Waals surface area contributed by atoms with E-state index in [1.807, 2.05) is 12.1 Å². The molecule has 2 rings (SSSR count). The first kappa shape index (κ1) is 27.4. The predicted molar refractivity (Wildman–Crippen MR) is 137 cm³/mol. The number of ether oxygens (including phenoxy) is 3. The van der Waals surface area contributed by atoms with Gasteiger partial charge in [-0.1, -0.05) is 87.5 Å². The Kier molecular flexibility index (Phi) is 11.5. The van der Waals surface area contributed by atoms with Crippen LogP contribution in [0.4, 0.5) is 0 Å². The van der Waals surface area contributed by atoms with Crippen LogP contribution in [-0.4, -0.2) is 59.9 Å². The van der Waals surface area contributed by atoms with E-state index < -0.39 is 14.4 Å². The summed E-state index contributed by atoms with van der Waals surface area (Å²) in [6.07, 6.45) is 1.60. The van der Waals surface area contributed by atoms with Gasteiger partial charge in [0, 0.05) is 19.6 Å². The lowest BCUT2D eigenvalue weighted by atomic mass is 10.0. The Balaban J connectivity index is 2.30. The Bertz CT molecular complexity index is 752. The zero-order valence-corrected chi connectivity index (χ0v) is 21.5. The largest absolute Gasteiger partial charge is 0.407 e. The summed E-state index contributed by atoms with van der Waals surface area (Å²) < 4.78 is 23.1. The van der Waals surface area contributed by atoms with Crippen molar-refractivity contribution in [3.63, 3.8) is 0 Å². The van der Waals surface area contributed by atoms with Crippen LogP contribution in [0, 0.1) is 5.92 Å². The summed E-state index contributed by atoms with van der Waals surface area (Å²) in [6, 6.07) is 21.0. The Morgan fingerprint density at radius 2 is 1.48 bits per heavy atom.